The number of thioether (sulfide) groups is 1. The highest BCUT2D eigenvalue weighted by molar-refractivity contribution is 8.13. The largest absolute Gasteiger partial charge is 0.283 e. The average Bonchev–Trinajstić information content (AvgIpc) is 1.91. The summed E-state index contributed by atoms with van der Waals surface area (Å²) in [6, 6.07) is 0. The van der Waals surface area contributed by atoms with E-state index in [1.54, 1.807) is 0 Å². The van der Waals surface area contributed by atoms with E-state index in [1.807, 2.05) is 11.8 Å². The van der Waals surface area contributed by atoms with Crippen molar-refractivity contribution >= 4 is 16.8 Å². The fraction of sp³-hybridized carbons (Fsp3) is 0.857. The maximum atomic E-state index is 4.40. The highest BCUT2D eigenvalue weighted by Crippen LogP contribution is 2.14. The van der Waals surface area contributed by atoms with Gasteiger partial charge in [0.15, 0.2) is 0 Å². The number of hydrogen-bond donors (Lipinski definition) is 0. The predicted molar refractivity (Wildman–Crippen MR) is 44.3 cm³/mol. The van der Waals surface area contributed by atoms with Gasteiger partial charge < -0.3 is 0 Å². The second-order valence-corrected chi connectivity index (χ2v) is 3.50. The maximum absolute atomic E-state index is 4.40. The van der Waals surface area contributed by atoms with E-state index in [-0.39, 0.29) is 0 Å². The highest BCUT2D eigenvalue weighted by Gasteiger charge is 2.02. The minimum absolute atomic E-state index is 1.07. The molecule has 0 bridgehead atoms. The first-order chi connectivity index (χ1) is 4.43. The Morgan fingerprint density at radius 1 is 1.56 bits per heavy atom. The van der Waals surface area contributed by atoms with Gasteiger partial charge in [0.2, 0.25) is 0 Å². The van der Waals surface area contributed by atoms with Gasteiger partial charge in [-0.3, -0.25) is 4.99 Å². The summed E-state index contributed by atoms with van der Waals surface area (Å²) < 4.78 is 0. The van der Waals surface area contributed by atoms with Crippen LogP contribution in [0.4, 0.5) is 0 Å². The number of nitrogens with zero attached hydrogens (tertiary/aromatic N) is 1. The molecule has 52 valence electrons. The average molecular weight is 143 g/mol. The zero-order valence-corrected chi connectivity index (χ0v) is 6.71. The van der Waals surface area contributed by atoms with Crippen LogP contribution in [0.25, 0.3) is 0 Å². The van der Waals surface area contributed by atoms with E-state index < -0.39 is 0 Å². The molecule has 0 unspecified atom stereocenters. The van der Waals surface area contributed by atoms with Crippen molar-refractivity contribution in [2.45, 2.75) is 26.2 Å². The lowest BCUT2D eigenvalue weighted by Crippen LogP contribution is -2.01. The van der Waals surface area contributed by atoms with Crippen molar-refractivity contribution in [2.24, 2.45) is 4.99 Å². The molecule has 0 N–H and O–H groups in total. The second-order valence-electron chi connectivity index (χ2n) is 2.17. The zero-order valence-electron chi connectivity index (χ0n) is 5.89. The molecule has 0 atom stereocenters. The molecule has 0 aromatic heterocycles. The Morgan fingerprint density at radius 2 is 2.44 bits per heavy atom. The van der Waals surface area contributed by atoms with Crippen LogP contribution in [0.3, 0.4) is 0 Å². The summed E-state index contributed by atoms with van der Waals surface area (Å²) in [6.45, 7) is 3.25. The molecule has 0 aromatic carbocycles. The first-order valence-electron chi connectivity index (χ1n) is 3.59. The van der Waals surface area contributed by atoms with Gasteiger partial charge in [0.05, 0.1) is 5.04 Å². The Kier molecular flexibility index (Phi) is 3.12. The number of aliphatic imine (C=N–C) groups is 1. The molecule has 2 heteroatoms. The highest BCUT2D eigenvalue weighted by atomic mass is 32.2. The van der Waals surface area contributed by atoms with Crippen LogP contribution in [-0.2, 0) is 0 Å². The van der Waals surface area contributed by atoms with Crippen molar-refractivity contribution in [2.75, 3.05) is 12.3 Å². The quantitative estimate of drug-likeness (QED) is 0.548. The van der Waals surface area contributed by atoms with Gasteiger partial charge >= 0.3 is 0 Å². The van der Waals surface area contributed by atoms with E-state index in [4.69, 9.17) is 0 Å². The molecule has 0 amide bonds. The summed E-state index contributed by atoms with van der Waals surface area (Å²) in [4.78, 5) is 4.40. The minimum atomic E-state index is 1.07. The van der Waals surface area contributed by atoms with Crippen molar-refractivity contribution in [3.63, 3.8) is 0 Å². The van der Waals surface area contributed by atoms with Crippen LogP contribution in [0.1, 0.15) is 26.2 Å². The molecule has 0 saturated carbocycles. The zero-order chi connectivity index (χ0) is 6.53. The van der Waals surface area contributed by atoms with Gasteiger partial charge in [-0.25, -0.2) is 0 Å². The van der Waals surface area contributed by atoms with Crippen LogP contribution in [0.2, 0.25) is 0 Å². The monoisotopic (exact) mass is 143 g/mol. The lowest BCUT2D eigenvalue weighted by molar-refractivity contribution is 0.745. The lowest BCUT2D eigenvalue weighted by Gasteiger charge is -2.08. The summed E-state index contributed by atoms with van der Waals surface area (Å²) in [5, 5.41) is 1.38. The molecule has 0 fully saturated rings. The molecule has 0 aliphatic carbocycles. The Morgan fingerprint density at radius 3 is 3.00 bits per heavy atom. The van der Waals surface area contributed by atoms with Gasteiger partial charge in [-0.05, 0) is 25.0 Å². The SMILES string of the molecule is CCSC1=NCCCC1. The molecular weight excluding hydrogens is 130 g/mol. The van der Waals surface area contributed by atoms with Crippen LogP contribution in [-0.4, -0.2) is 17.3 Å². The van der Waals surface area contributed by atoms with Gasteiger partial charge in [0.1, 0.15) is 0 Å². The first-order valence-corrected chi connectivity index (χ1v) is 4.58. The summed E-state index contributed by atoms with van der Waals surface area (Å²) in [5.41, 5.74) is 0. The Balaban J connectivity index is 2.28. The Bertz CT molecular complexity index is 109. The van der Waals surface area contributed by atoms with Crippen LogP contribution in [0, 0.1) is 0 Å². The smallest absolute Gasteiger partial charge is 0.0675 e. The summed E-state index contributed by atoms with van der Waals surface area (Å²) in [5.74, 6) is 1.18. The van der Waals surface area contributed by atoms with E-state index >= 15 is 0 Å². The van der Waals surface area contributed by atoms with Crippen molar-refractivity contribution < 1.29 is 0 Å². The van der Waals surface area contributed by atoms with Crippen LogP contribution in [0.5, 0.6) is 0 Å². The van der Waals surface area contributed by atoms with Crippen molar-refractivity contribution in [1.82, 2.24) is 0 Å². The van der Waals surface area contributed by atoms with Gasteiger partial charge in [0, 0.05) is 6.54 Å². The summed E-state index contributed by atoms with van der Waals surface area (Å²) >= 11 is 1.90. The third kappa shape index (κ3) is 2.39. The van der Waals surface area contributed by atoms with E-state index in [9.17, 15) is 0 Å². The molecule has 0 aromatic rings. The second kappa shape index (κ2) is 3.94. The van der Waals surface area contributed by atoms with Crippen molar-refractivity contribution in [3.05, 3.63) is 0 Å². The molecule has 1 heterocycles. The van der Waals surface area contributed by atoms with Crippen molar-refractivity contribution in [1.29, 1.82) is 0 Å². The summed E-state index contributed by atoms with van der Waals surface area (Å²) in [6.07, 6.45) is 3.89. The molecule has 1 rings (SSSR count). The normalized spacial score (nSPS) is 19.4. The molecule has 1 aliphatic rings. The third-order valence-electron chi connectivity index (χ3n) is 1.40. The number of hydrogen-bond acceptors (Lipinski definition) is 2. The fourth-order valence-electron chi connectivity index (χ4n) is 0.955. The molecular formula is C7H13NS. The standard InChI is InChI=1S/C7H13NS/c1-2-9-7-5-3-4-6-8-7/h2-6H2,1H3. The minimum Gasteiger partial charge on any atom is -0.283 e. The van der Waals surface area contributed by atoms with Gasteiger partial charge in [-0.1, -0.05) is 6.92 Å². The molecule has 0 radical (unpaired) electrons. The van der Waals surface area contributed by atoms with E-state index in [1.165, 1.54) is 30.1 Å². The third-order valence-corrected chi connectivity index (χ3v) is 2.35. The molecule has 1 aliphatic heterocycles. The van der Waals surface area contributed by atoms with E-state index in [0.29, 0.717) is 0 Å². The van der Waals surface area contributed by atoms with Crippen molar-refractivity contribution in [3.8, 4) is 0 Å². The fourth-order valence-corrected chi connectivity index (χ4v) is 1.76. The maximum Gasteiger partial charge on any atom is 0.0675 e. The predicted octanol–water partition coefficient (Wildman–Crippen LogP) is 2.32. The van der Waals surface area contributed by atoms with Crippen LogP contribution >= 0.6 is 11.8 Å². The number of rotatable bonds is 1. The first kappa shape index (κ1) is 7.13. The molecule has 1 nitrogen and oxygen atoms in total. The Hall–Kier alpha value is 0.0200. The lowest BCUT2D eigenvalue weighted by atomic mass is 10.2. The molecule has 0 saturated heterocycles. The molecule has 0 spiro atoms. The van der Waals surface area contributed by atoms with Gasteiger partial charge in [0.25, 0.3) is 0 Å². The van der Waals surface area contributed by atoms with E-state index in [0.717, 1.165) is 6.54 Å². The van der Waals surface area contributed by atoms with Crippen LogP contribution in [0.15, 0.2) is 4.99 Å². The molecule has 9 heavy (non-hydrogen) atoms. The topological polar surface area (TPSA) is 12.4 Å². The Labute approximate surface area is 60.9 Å². The van der Waals surface area contributed by atoms with E-state index in [2.05, 4.69) is 11.9 Å². The summed E-state index contributed by atoms with van der Waals surface area (Å²) in [7, 11) is 0. The van der Waals surface area contributed by atoms with Gasteiger partial charge in [-0.2, -0.15) is 0 Å². The van der Waals surface area contributed by atoms with Gasteiger partial charge in [-0.15, -0.1) is 11.8 Å². The van der Waals surface area contributed by atoms with Crippen LogP contribution < -0.4 is 0 Å².